The van der Waals surface area contributed by atoms with Gasteiger partial charge in [0, 0.05) is 0 Å². The zero-order chi connectivity index (χ0) is 11.8. The van der Waals surface area contributed by atoms with Crippen LogP contribution in [0.1, 0.15) is 0 Å². The predicted molar refractivity (Wildman–Crippen MR) is 64.5 cm³/mol. The monoisotopic (exact) mass is 246 g/mol. The Labute approximate surface area is 101 Å². The zero-order valence-electron chi connectivity index (χ0n) is 8.59. The second-order valence-electron chi connectivity index (χ2n) is 3.50. The highest BCUT2D eigenvalue weighted by Gasteiger charge is 2.09. The third kappa shape index (κ3) is 1.60. The maximum absolute atomic E-state index is 11.8. The fourth-order valence-electron chi connectivity index (χ4n) is 1.71. The van der Waals surface area contributed by atoms with Crippen molar-refractivity contribution in [3.05, 3.63) is 52.0 Å². The number of hydrogen-bond acceptors (Lipinski definition) is 3. The Bertz CT molecular complexity index is 729. The van der Waals surface area contributed by atoms with Gasteiger partial charge >= 0.3 is 5.69 Å². The summed E-state index contributed by atoms with van der Waals surface area (Å²) in [5.41, 5.74) is 1.27. The van der Waals surface area contributed by atoms with E-state index in [1.165, 1.54) is 4.57 Å². The fraction of sp³-hybridized carbons (Fsp3) is 0. The lowest BCUT2D eigenvalue weighted by Crippen LogP contribution is -2.16. The molecule has 0 aliphatic heterocycles. The molecule has 0 aliphatic rings. The van der Waals surface area contributed by atoms with Crippen molar-refractivity contribution in [2.45, 2.75) is 0 Å². The molecule has 0 saturated carbocycles. The van der Waals surface area contributed by atoms with E-state index in [2.05, 4.69) is 15.2 Å². The Balaban J connectivity index is 2.33. The second-order valence-corrected chi connectivity index (χ2v) is 3.88. The van der Waals surface area contributed by atoms with Gasteiger partial charge in [-0.2, -0.15) is 0 Å². The molecule has 2 aromatic heterocycles. The van der Waals surface area contributed by atoms with E-state index in [4.69, 9.17) is 11.6 Å². The number of hydrogen-bond donors (Lipinski definition) is 1. The quantitative estimate of drug-likeness (QED) is 0.712. The van der Waals surface area contributed by atoms with Crippen molar-refractivity contribution < 1.29 is 0 Å². The summed E-state index contributed by atoms with van der Waals surface area (Å²) in [5.74, 6) is 0.442. The average Bonchev–Trinajstić information content (AvgIpc) is 2.66. The topological polar surface area (TPSA) is 63.6 Å². The first-order chi connectivity index (χ1) is 8.25. The summed E-state index contributed by atoms with van der Waals surface area (Å²) >= 11 is 5.66. The molecule has 1 aromatic carbocycles. The van der Waals surface area contributed by atoms with E-state index in [9.17, 15) is 4.79 Å². The number of H-pyrrole nitrogens is 1. The molecular weight excluding hydrogens is 240 g/mol. The SMILES string of the molecule is O=c1[nH]c2ccccc2n1-c1ccc(Cl)nn1. The Morgan fingerprint density at radius 3 is 2.71 bits per heavy atom. The van der Waals surface area contributed by atoms with Gasteiger partial charge in [-0.05, 0) is 24.3 Å². The van der Waals surface area contributed by atoms with Gasteiger partial charge in [-0.25, -0.2) is 9.36 Å². The standard InChI is InChI=1S/C11H7ClN4O/c12-9-5-6-10(15-14-9)16-8-4-2-1-3-7(8)13-11(16)17/h1-6H,(H,13,17). The summed E-state index contributed by atoms with van der Waals surface area (Å²) in [7, 11) is 0. The molecule has 5 nitrogen and oxygen atoms in total. The van der Waals surface area contributed by atoms with Gasteiger partial charge in [0.2, 0.25) is 0 Å². The summed E-state index contributed by atoms with van der Waals surface area (Å²) in [6.45, 7) is 0. The number of nitrogens with one attached hydrogen (secondary N) is 1. The predicted octanol–water partition coefficient (Wildman–Crippen LogP) is 1.76. The van der Waals surface area contributed by atoms with Crippen molar-refractivity contribution in [2.24, 2.45) is 0 Å². The van der Waals surface area contributed by atoms with E-state index in [0.717, 1.165) is 11.0 Å². The number of benzene rings is 1. The van der Waals surface area contributed by atoms with Gasteiger partial charge in [0.15, 0.2) is 11.0 Å². The maximum atomic E-state index is 11.8. The summed E-state index contributed by atoms with van der Waals surface area (Å²) in [6.07, 6.45) is 0. The molecule has 0 bridgehead atoms. The van der Waals surface area contributed by atoms with E-state index in [-0.39, 0.29) is 5.69 Å². The third-order valence-corrected chi connectivity index (χ3v) is 2.64. The number of halogens is 1. The van der Waals surface area contributed by atoms with Crippen LogP contribution < -0.4 is 5.69 Å². The van der Waals surface area contributed by atoms with E-state index in [0.29, 0.717) is 11.0 Å². The van der Waals surface area contributed by atoms with Crippen LogP contribution in [-0.4, -0.2) is 19.7 Å². The number of aromatic amines is 1. The van der Waals surface area contributed by atoms with Gasteiger partial charge in [-0.3, -0.25) is 0 Å². The first-order valence-corrected chi connectivity index (χ1v) is 5.33. The first kappa shape index (κ1) is 10.0. The highest BCUT2D eigenvalue weighted by Crippen LogP contribution is 2.13. The smallest absolute Gasteiger partial charge is 0.305 e. The van der Waals surface area contributed by atoms with Crippen LogP contribution in [0.15, 0.2) is 41.2 Å². The summed E-state index contributed by atoms with van der Waals surface area (Å²) in [4.78, 5) is 14.6. The van der Waals surface area contributed by atoms with Crippen LogP contribution in [0.5, 0.6) is 0 Å². The molecule has 0 radical (unpaired) electrons. The molecule has 6 heteroatoms. The Hall–Kier alpha value is -2.14. The lowest BCUT2D eigenvalue weighted by Gasteiger charge is -2.00. The highest BCUT2D eigenvalue weighted by molar-refractivity contribution is 6.29. The zero-order valence-corrected chi connectivity index (χ0v) is 9.35. The van der Waals surface area contributed by atoms with Gasteiger partial charge in [-0.15, -0.1) is 10.2 Å². The molecule has 0 saturated heterocycles. The molecule has 0 atom stereocenters. The van der Waals surface area contributed by atoms with Crippen LogP contribution in [0.4, 0.5) is 0 Å². The molecule has 3 rings (SSSR count). The van der Waals surface area contributed by atoms with Crippen molar-refractivity contribution in [1.82, 2.24) is 19.7 Å². The van der Waals surface area contributed by atoms with Crippen LogP contribution >= 0.6 is 11.6 Å². The van der Waals surface area contributed by atoms with Crippen molar-refractivity contribution in [3.63, 3.8) is 0 Å². The molecule has 3 aromatic rings. The number of para-hydroxylation sites is 2. The van der Waals surface area contributed by atoms with Crippen molar-refractivity contribution in [3.8, 4) is 5.82 Å². The minimum atomic E-state index is -0.247. The van der Waals surface area contributed by atoms with E-state index < -0.39 is 0 Å². The number of aromatic nitrogens is 4. The number of fused-ring (bicyclic) bond motifs is 1. The average molecular weight is 247 g/mol. The van der Waals surface area contributed by atoms with Gasteiger partial charge in [-0.1, -0.05) is 23.7 Å². The Kier molecular flexibility index (Phi) is 2.19. The molecule has 17 heavy (non-hydrogen) atoms. The Morgan fingerprint density at radius 1 is 1.12 bits per heavy atom. The number of nitrogens with zero attached hydrogens (tertiary/aromatic N) is 3. The largest absolute Gasteiger partial charge is 0.332 e. The normalized spacial score (nSPS) is 10.9. The van der Waals surface area contributed by atoms with Crippen LogP contribution in [0.25, 0.3) is 16.9 Å². The molecule has 1 N–H and O–H groups in total. The molecular formula is C11H7ClN4O. The second kappa shape index (κ2) is 3.71. The summed E-state index contributed by atoms with van der Waals surface area (Å²) in [5, 5.41) is 7.91. The van der Waals surface area contributed by atoms with Crippen LogP contribution in [0, 0.1) is 0 Å². The summed E-state index contributed by atoms with van der Waals surface area (Å²) < 4.78 is 1.46. The maximum Gasteiger partial charge on any atom is 0.332 e. The van der Waals surface area contributed by atoms with Crippen molar-refractivity contribution in [2.75, 3.05) is 0 Å². The van der Waals surface area contributed by atoms with E-state index in [1.54, 1.807) is 12.1 Å². The first-order valence-electron chi connectivity index (χ1n) is 4.95. The Morgan fingerprint density at radius 2 is 1.94 bits per heavy atom. The third-order valence-electron chi connectivity index (χ3n) is 2.44. The minimum Gasteiger partial charge on any atom is -0.305 e. The highest BCUT2D eigenvalue weighted by atomic mass is 35.5. The molecule has 0 amide bonds. The van der Waals surface area contributed by atoms with E-state index in [1.807, 2.05) is 24.3 Å². The molecule has 0 fully saturated rings. The van der Waals surface area contributed by atoms with E-state index >= 15 is 0 Å². The van der Waals surface area contributed by atoms with Gasteiger partial charge in [0.25, 0.3) is 0 Å². The summed E-state index contributed by atoms with van der Waals surface area (Å²) in [6, 6.07) is 10.6. The van der Waals surface area contributed by atoms with Crippen molar-refractivity contribution >= 4 is 22.6 Å². The van der Waals surface area contributed by atoms with Crippen LogP contribution in [0.2, 0.25) is 5.15 Å². The van der Waals surface area contributed by atoms with Gasteiger partial charge in [0.05, 0.1) is 11.0 Å². The molecule has 2 heterocycles. The lowest BCUT2D eigenvalue weighted by atomic mass is 10.3. The fourth-order valence-corrected chi connectivity index (χ4v) is 1.81. The van der Waals surface area contributed by atoms with Crippen LogP contribution in [0.3, 0.4) is 0 Å². The van der Waals surface area contributed by atoms with Gasteiger partial charge in [0.1, 0.15) is 0 Å². The molecule has 0 unspecified atom stereocenters. The van der Waals surface area contributed by atoms with Crippen LogP contribution in [-0.2, 0) is 0 Å². The van der Waals surface area contributed by atoms with Gasteiger partial charge < -0.3 is 4.98 Å². The molecule has 0 aliphatic carbocycles. The number of imidazole rings is 1. The number of rotatable bonds is 1. The minimum absolute atomic E-state index is 0.247. The van der Waals surface area contributed by atoms with Crippen molar-refractivity contribution in [1.29, 1.82) is 0 Å². The molecule has 84 valence electrons. The molecule has 0 spiro atoms. The lowest BCUT2D eigenvalue weighted by molar-refractivity contribution is 0.901.